The van der Waals surface area contributed by atoms with Crippen molar-refractivity contribution in [3.05, 3.63) is 69.8 Å². The number of amides is 1. The molecule has 3 aromatic heterocycles. The molecular weight excluding hydrogens is 412 g/mol. The zero-order valence-electron chi connectivity index (χ0n) is 15.4. The van der Waals surface area contributed by atoms with Crippen molar-refractivity contribution in [2.24, 2.45) is 5.73 Å². The van der Waals surface area contributed by atoms with Gasteiger partial charge in [-0.25, -0.2) is 4.98 Å². The van der Waals surface area contributed by atoms with Crippen molar-refractivity contribution in [3.63, 3.8) is 0 Å². The maximum absolute atomic E-state index is 12.0. The zero-order chi connectivity index (χ0) is 20.5. The Morgan fingerprint density at radius 3 is 2.93 bits per heavy atom. The topological polar surface area (TPSA) is 103 Å². The molecule has 3 heterocycles. The first-order chi connectivity index (χ1) is 14.0. The van der Waals surface area contributed by atoms with Crippen LogP contribution in [-0.2, 0) is 6.61 Å². The van der Waals surface area contributed by atoms with Crippen molar-refractivity contribution in [3.8, 4) is 16.6 Å². The number of hydrogen-bond acceptors (Lipinski definition) is 6. The van der Waals surface area contributed by atoms with E-state index in [1.807, 2.05) is 28.8 Å². The molecule has 0 aliphatic heterocycles. The number of halogens is 1. The Labute approximate surface area is 175 Å². The van der Waals surface area contributed by atoms with Gasteiger partial charge in [-0.3, -0.25) is 9.20 Å². The number of nitrogens with zero attached hydrogens (tertiary/aromatic N) is 3. The first-order valence-electron chi connectivity index (χ1n) is 8.77. The van der Waals surface area contributed by atoms with Crippen LogP contribution in [0.4, 0.5) is 0 Å². The van der Waals surface area contributed by atoms with Gasteiger partial charge in [0.15, 0.2) is 4.88 Å². The molecule has 9 heteroatoms. The number of imidazole rings is 1. The smallest absolute Gasteiger partial charge is 0.264 e. The van der Waals surface area contributed by atoms with Gasteiger partial charge in [-0.15, -0.1) is 11.3 Å². The first kappa shape index (κ1) is 19.4. The maximum Gasteiger partial charge on any atom is 0.264 e. The molecule has 0 bridgehead atoms. The molecule has 0 aliphatic carbocycles. The van der Waals surface area contributed by atoms with Gasteiger partial charge >= 0.3 is 0 Å². The number of hydrogen-bond donors (Lipinski definition) is 2. The Hall–Kier alpha value is -2.94. The number of thiazole rings is 1. The molecule has 0 unspecified atom stereocenters. The highest BCUT2D eigenvalue weighted by molar-refractivity contribution is 7.17. The predicted molar refractivity (Wildman–Crippen MR) is 111 cm³/mol. The van der Waals surface area contributed by atoms with E-state index in [0.29, 0.717) is 21.2 Å². The highest BCUT2D eigenvalue weighted by Gasteiger charge is 2.23. The second-order valence-electron chi connectivity index (χ2n) is 6.36. The van der Waals surface area contributed by atoms with Crippen LogP contribution in [0.5, 0.6) is 5.88 Å². The number of aromatic nitrogens is 3. The molecule has 4 rings (SSSR count). The molecule has 4 aromatic rings. The fourth-order valence-electron chi connectivity index (χ4n) is 2.97. The van der Waals surface area contributed by atoms with Crippen LogP contribution in [0, 0.1) is 0 Å². The number of carbonyl (C=O) groups excluding carboxylic acids is 1. The Bertz CT molecular complexity index is 1200. The number of rotatable bonds is 6. The lowest BCUT2D eigenvalue weighted by molar-refractivity contribution is 0.0997. The van der Waals surface area contributed by atoms with Crippen LogP contribution in [0.15, 0.2) is 48.8 Å². The van der Waals surface area contributed by atoms with Gasteiger partial charge in [-0.1, -0.05) is 29.8 Å². The van der Waals surface area contributed by atoms with Crippen LogP contribution in [0.3, 0.4) is 0 Å². The average Bonchev–Trinajstić information content (AvgIpc) is 3.31. The summed E-state index contributed by atoms with van der Waals surface area (Å²) in [6, 6.07) is 10.9. The van der Waals surface area contributed by atoms with Gasteiger partial charge < -0.3 is 15.6 Å². The minimum Gasteiger partial charge on any atom is -0.469 e. The Morgan fingerprint density at radius 2 is 2.21 bits per heavy atom. The number of aliphatic hydroxyl groups excluding tert-OH is 1. The van der Waals surface area contributed by atoms with Crippen LogP contribution in [-0.4, -0.2) is 25.4 Å². The van der Waals surface area contributed by atoms with Gasteiger partial charge in [0.1, 0.15) is 22.5 Å². The van der Waals surface area contributed by atoms with Gasteiger partial charge in [0.25, 0.3) is 5.91 Å². The van der Waals surface area contributed by atoms with E-state index in [0.717, 1.165) is 22.7 Å². The van der Waals surface area contributed by atoms with Crippen molar-refractivity contribution in [2.45, 2.75) is 19.6 Å². The molecule has 29 heavy (non-hydrogen) atoms. The highest BCUT2D eigenvalue weighted by Crippen LogP contribution is 2.36. The summed E-state index contributed by atoms with van der Waals surface area (Å²) >= 11 is 7.46. The third-order valence-electron chi connectivity index (χ3n) is 4.43. The van der Waals surface area contributed by atoms with Crippen LogP contribution in [0.1, 0.15) is 33.8 Å². The summed E-state index contributed by atoms with van der Waals surface area (Å²) < 4.78 is 7.84. The zero-order valence-corrected chi connectivity index (χ0v) is 16.9. The first-order valence-corrected chi connectivity index (χ1v) is 9.96. The molecule has 0 spiro atoms. The lowest BCUT2D eigenvalue weighted by Crippen LogP contribution is -2.12. The number of primary amides is 1. The molecule has 0 aliphatic rings. The molecule has 0 radical (unpaired) electrons. The van der Waals surface area contributed by atoms with Crippen LogP contribution >= 0.6 is 22.9 Å². The van der Waals surface area contributed by atoms with E-state index in [1.54, 1.807) is 31.3 Å². The fraction of sp³-hybridized carbons (Fsp3) is 0.150. The molecule has 3 N–H and O–H groups in total. The Kier molecular flexibility index (Phi) is 5.23. The number of pyridine rings is 1. The van der Waals surface area contributed by atoms with E-state index in [2.05, 4.69) is 9.97 Å². The largest absolute Gasteiger partial charge is 0.469 e. The Balaban J connectivity index is 1.70. The summed E-state index contributed by atoms with van der Waals surface area (Å²) in [6.07, 6.45) is 3.08. The monoisotopic (exact) mass is 428 g/mol. The summed E-state index contributed by atoms with van der Waals surface area (Å²) in [5.74, 6) is -0.468. The summed E-state index contributed by atoms with van der Waals surface area (Å²) in [5, 5.41) is 10.3. The molecule has 1 atom stereocenters. The van der Waals surface area contributed by atoms with Gasteiger partial charge in [-0.05, 0) is 30.7 Å². The third kappa shape index (κ3) is 3.69. The number of carbonyl (C=O) groups is 1. The van der Waals surface area contributed by atoms with Gasteiger partial charge in [0.05, 0.1) is 12.8 Å². The summed E-state index contributed by atoms with van der Waals surface area (Å²) in [4.78, 5) is 21.1. The van der Waals surface area contributed by atoms with E-state index in [9.17, 15) is 9.90 Å². The standard InChI is InChI=1S/C20H17ClN4O3S/c1-11(13-6-5-12(10-26)8-14(13)21)28-19-17(18(22)27)29-20(24-19)15-9-23-16-4-2-3-7-25(15)16/h2-9,11,26H,10H2,1H3,(H2,22,27)/t11-/m1/s1. The maximum atomic E-state index is 12.0. The van der Waals surface area contributed by atoms with E-state index in [4.69, 9.17) is 22.1 Å². The van der Waals surface area contributed by atoms with E-state index in [-0.39, 0.29) is 17.4 Å². The van der Waals surface area contributed by atoms with Crippen molar-refractivity contribution in [1.82, 2.24) is 14.4 Å². The predicted octanol–water partition coefficient (Wildman–Crippen LogP) is 3.84. The number of aliphatic hydroxyl groups is 1. The van der Waals surface area contributed by atoms with Crippen LogP contribution in [0.2, 0.25) is 5.02 Å². The minimum atomic E-state index is -0.619. The molecule has 0 saturated heterocycles. The number of ether oxygens (including phenoxy) is 1. The lowest BCUT2D eigenvalue weighted by atomic mass is 10.1. The van der Waals surface area contributed by atoms with Crippen molar-refractivity contribution in [2.75, 3.05) is 0 Å². The molecule has 1 amide bonds. The second-order valence-corrected chi connectivity index (χ2v) is 7.77. The van der Waals surface area contributed by atoms with Gasteiger partial charge in [0, 0.05) is 16.8 Å². The number of nitrogens with two attached hydrogens (primary N) is 1. The van der Waals surface area contributed by atoms with E-state index < -0.39 is 12.0 Å². The van der Waals surface area contributed by atoms with Crippen molar-refractivity contribution >= 4 is 34.5 Å². The molecule has 7 nitrogen and oxygen atoms in total. The van der Waals surface area contributed by atoms with Crippen molar-refractivity contribution in [1.29, 1.82) is 0 Å². The highest BCUT2D eigenvalue weighted by atomic mass is 35.5. The second kappa shape index (κ2) is 7.82. The normalized spacial score (nSPS) is 12.2. The van der Waals surface area contributed by atoms with Gasteiger partial charge in [-0.2, -0.15) is 4.98 Å². The van der Waals surface area contributed by atoms with Crippen molar-refractivity contribution < 1.29 is 14.6 Å². The van der Waals surface area contributed by atoms with Crippen LogP contribution in [0.25, 0.3) is 16.3 Å². The molecular formula is C20H17ClN4O3S. The minimum absolute atomic E-state index is 0.101. The molecule has 148 valence electrons. The molecule has 1 aromatic carbocycles. The number of benzene rings is 1. The summed E-state index contributed by atoms with van der Waals surface area (Å²) in [5.41, 5.74) is 8.47. The van der Waals surface area contributed by atoms with E-state index >= 15 is 0 Å². The van der Waals surface area contributed by atoms with Crippen LogP contribution < -0.4 is 10.5 Å². The average molecular weight is 429 g/mol. The van der Waals surface area contributed by atoms with E-state index in [1.165, 1.54) is 0 Å². The fourth-order valence-corrected chi connectivity index (χ4v) is 4.19. The lowest BCUT2D eigenvalue weighted by Gasteiger charge is -2.15. The SMILES string of the molecule is C[C@@H](Oc1nc(-c2cnc3ccccn23)sc1C(N)=O)c1ccc(CO)cc1Cl. The molecule has 0 fully saturated rings. The number of fused-ring (bicyclic) bond motifs is 1. The summed E-state index contributed by atoms with van der Waals surface area (Å²) in [7, 11) is 0. The Morgan fingerprint density at radius 1 is 1.38 bits per heavy atom. The van der Waals surface area contributed by atoms with Gasteiger partial charge in [0.2, 0.25) is 5.88 Å². The quantitative estimate of drug-likeness (QED) is 0.485. The third-order valence-corrected chi connectivity index (χ3v) is 5.83. The summed E-state index contributed by atoms with van der Waals surface area (Å²) in [6.45, 7) is 1.70. The molecule has 0 saturated carbocycles.